The molecule has 1 amide bonds. The summed E-state index contributed by atoms with van der Waals surface area (Å²) < 4.78 is 13.3. The maximum absolute atomic E-state index is 13.3. The molecule has 1 aliphatic rings. The number of hydrogen-bond acceptors (Lipinski definition) is 1. The number of benzene rings is 1. The molecule has 1 aromatic rings. The lowest BCUT2D eigenvalue weighted by Gasteiger charge is -2.03. The van der Waals surface area contributed by atoms with Crippen LogP contribution < -0.4 is 5.73 Å². The van der Waals surface area contributed by atoms with Gasteiger partial charge < -0.3 is 5.73 Å². The minimum Gasteiger partial charge on any atom is -0.369 e. The summed E-state index contributed by atoms with van der Waals surface area (Å²) in [6, 6.07) is 4.51. The summed E-state index contributed by atoms with van der Waals surface area (Å²) in [6.45, 7) is 0. The minimum atomic E-state index is -0.380. The number of nitrogens with two attached hydrogens (primary N) is 1. The zero-order valence-electron chi connectivity index (χ0n) is 7.34. The molecule has 0 bridgehead atoms. The first-order chi connectivity index (χ1) is 6.61. The Labute approximate surface area is 85.9 Å². The Bertz CT molecular complexity index is 373. The summed E-state index contributed by atoms with van der Waals surface area (Å²) in [5.41, 5.74) is 5.55. The van der Waals surface area contributed by atoms with Gasteiger partial charge in [-0.05, 0) is 18.6 Å². The van der Waals surface area contributed by atoms with Crippen LogP contribution in [0.2, 0.25) is 5.02 Å². The van der Waals surface area contributed by atoms with Crippen LogP contribution in [0.4, 0.5) is 4.39 Å². The third-order valence-corrected chi connectivity index (χ3v) is 2.86. The molecule has 4 heteroatoms. The second-order valence-electron chi connectivity index (χ2n) is 3.49. The van der Waals surface area contributed by atoms with Gasteiger partial charge in [-0.1, -0.05) is 17.7 Å². The van der Waals surface area contributed by atoms with Crippen molar-refractivity contribution in [2.75, 3.05) is 0 Å². The lowest BCUT2D eigenvalue weighted by Crippen LogP contribution is -2.13. The lowest BCUT2D eigenvalue weighted by molar-refractivity contribution is -0.119. The predicted octanol–water partition coefficient (Wildman–Crippen LogP) is 2.07. The maximum Gasteiger partial charge on any atom is 0.221 e. The van der Waals surface area contributed by atoms with Crippen LogP contribution in [0.25, 0.3) is 0 Å². The molecule has 1 fully saturated rings. The quantitative estimate of drug-likeness (QED) is 0.803. The molecule has 0 aromatic heterocycles. The van der Waals surface area contributed by atoms with Gasteiger partial charge in [0.25, 0.3) is 0 Å². The van der Waals surface area contributed by atoms with Gasteiger partial charge in [-0.2, -0.15) is 0 Å². The fourth-order valence-corrected chi connectivity index (χ4v) is 2.00. The Morgan fingerprint density at radius 1 is 1.57 bits per heavy atom. The van der Waals surface area contributed by atoms with Crippen molar-refractivity contribution in [3.8, 4) is 0 Å². The van der Waals surface area contributed by atoms with Gasteiger partial charge in [0.1, 0.15) is 5.82 Å². The number of carbonyl (C=O) groups is 1. The molecule has 2 N–H and O–H groups in total. The van der Waals surface area contributed by atoms with Crippen molar-refractivity contribution in [3.05, 3.63) is 34.6 Å². The fraction of sp³-hybridized carbons (Fsp3) is 0.300. The number of amides is 1. The van der Waals surface area contributed by atoms with Crippen molar-refractivity contribution in [1.82, 2.24) is 0 Å². The van der Waals surface area contributed by atoms with Crippen molar-refractivity contribution in [2.24, 2.45) is 11.7 Å². The van der Waals surface area contributed by atoms with Gasteiger partial charge in [-0.15, -0.1) is 0 Å². The molecule has 2 rings (SSSR count). The van der Waals surface area contributed by atoms with Crippen LogP contribution in [0, 0.1) is 11.7 Å². The first-order valence-corrected chi connectivity index (χ1v) is 4.72. The summed E-state index contributed by atoms with van der Waals surface area (Å²) in [7, 11) is 0. The first-order valence-electron chi connectivity index (χ1n) is 4.34. The molecular formula is C10H9ClFNO. The van der Waals surface area contributed by atoms with Crippen molar-refractivity contribution in [1.29, 1.82) is 0 Å². The van der Waals surface area contributed by atoms with E-state index in [1.54, 1.807) is 12.1 Å². The van der Waals surface area contributed by atoms with Gasteiger partial charge in [-0.3, -0.25) is 4.79 Å². The Morgan fingerprint density at radius 2 is 2.29 bits per heavy atom. The Kier molecular flexibility index (Phi) is 2.19. The van der Waals surface area contributed by atoms with Gasteiger partial charge in [0.2, 0.25) is 5.91 Å². The van der Waals surface area contributed by atoms with Crippen LogP contribution in [-0.2, 0) is 4.79 Å². The molecule has 0 unspecified atom stereocenters. The third-order valence-electron chi connectivity index (χ3n) is 2.53. The highest BCUT2D eigenvalue weighted by Crippen LogP contribution is 2.50. The first kappa shape index (κ1) is 9.46. The molecule has 74 valence electrons. The fourth-order valence-electron chi connectivity index (χ4n) is 1.69. The standard InChI is InChI=1S/C10H9ClFNO/c11-7-2-1-3-8(12)9(7)5-4-6(5)10(13)14/h1-3,5-6H,4H2,(H2,13,14)/t5-,6-/m1/s1. The van der Waals surface area contributed by atoms with Crippen LogP contribution in [0.15, 0.2) is 18.2 Å². The number of primary amides is 1. The van der Waals surface area contributed by atoms with Crippen molar-refractivity contribution < 1.29 is 9.18 Å². The summed E-state index contributed by atoms with van der Waals surface area (Å²) in [5, 5.41) is 0.374. The number of carbonyl (C=O) groups excluding carboxylic acids is 1. The third kappa shape index (κ3) is 1.48. The second kappa shape index (κ2) is 3.24. The molecule has 0 saturated heterocycles. The molecular weight excluding hydrogens is 205 g/mol. The molecule has 0 heterocycles. The van der Waals surface area contributed by atoms with E-state index in [1.807, 2.05) is 0 Å². The van der Waals surface area contributed by atoms with Crippen molar-refractivity contribution >= 4 is 17.5 Å². The average molecular weight is 214 g/mol. The predicted molar refractivity (Wildman–Crippen MR) is 51.5 cm³/mol. The van der Waals surface area contributed by atoms with E-state index in [0.29, 0.717) is 17.0 Å². The van der Waals surface area contributed by atoms with E-state index in [4.69, 9.17) is 17.3 Å². The van der Waals surface area contributed by atoms with E-state index in [1.165, 1.54) is 6.07 Å². The number of rotatable bonds is 2. The summed E-state index contributed by atoms with van der Waals surface area (Å²) in [5.74, 6) is -1.11. The van der Waals surface area contributed by atoms with E-state index >= 15 is 0 Å². The van der Waals surface area contributed by atoms with E-state index in [-0.39, 0.29) is 23.6 Å². The summed E-state index contributed by atoms with van der Waals surface area (Å²) >= 11 is 5.84. The van der Waals surface area contributed by atoms with Crippen LogP contribution >= 0.6 is 11.6 Å². The van der Waals surface area contributed by atoms with Crippen LogP contribution in [0.5, 0.6) is 0 Å². The van der Waals surface area contributed by atoms with E-state index < -0.39 is 0 Å². The molecule has 1 saturated carbocycles. The van der Waals surface area contributed by atoms with E-state index in [9.17, 15) is 9.18 Å². The van der Waals surface area contributed by atoms with Gasteiger partial charge in [-0.25, -0.2) is 4.39 Å². The van der Waals surface area contributed by atoms with Crippen LogP contribution in [-0.4, -0.2) is 5.91 Å². The minimum absolute atomic E-state index is 0.124. The summed E-state index contributed by atoms with van der Waals surface area (Å²) in [4.78, 5) is 10.8. The van der Waals surface area contributed by atoms with Crippen LogP contribution in [0.3, 0.4) is 0 Å². The number of halogens is 2. The zero-order chi connectivity index (χ0) is 10.3. The molecule has 0 spiro atoms. The molecule has 14 heavy (non-hydrogen) atoms. The largest absolute Gasteiger partial charge is 0.369 e. The Balaban J connectivity index is 2.31. The van der Waals surface area contributed by atoms with Gasteiger partial charge in [0, 0.05) is 22.4 Å². The molecule has 1 aliphatic carbocycles. The van der Waals surface area contributed by atoms with Gasteiger partial charge in [0.05, 0.1) is 0 Å². The SMILES string of the molecule is NC(=O)[C@@H]1C[C@H]1c1c(F)cccc1Cl. The van der Waals surface area contributed by atoms with Crippen molar-refractivity contribution in [2.45, 2.75) is 12.3 Å². The zero-order valence-corrected chi connectivity index (χ0v) is 8.09. The highest BCUT2D eigenvalue weighted by molar-refractivity contribution is 6.31. The van der Waals surface area contributed by atoms with Crippen LogP contribution in [0.1, 0.15) is 17.9 Å². The highest BCUT2D eigenvalue weighted by Gasteiger charge is 2.45. The summed E-state index contributed by atoms with van der Waals surface area (Å²) in [6.07, 6.45) is 0.607. The molecule has 2 atom stereocenters. The number of hydrogen-bond donors (Lipinski definition) is 1. The maximum atomic E-state index is 13.3. The smallest absolute Gasteiger partial charge is 0.221 e. The normalized spacial score (nSPS) is 24.7. The van der Waals surface area contributed by atoms with Gasteiger partial charge >= 0.3 is 0 Å². The Morgan fingerprint density at radius 3 is 2.79 bits per heavy atom. The average Bonchev–Trinajstić information content (AvgIpc) is 2.83. The van der Waals surface area contributed by atoms with E-state index in [2.05, 4.69) is 0 Å². The van der Waals surface area contributed by atoms with Gasteiger partial charge in [0.15, 0.2) is 0 Å². The van der Waals surface area contributed by atoms with E-state index in [0.717, 1.165) is 0 Å². The lowest BCUT2D eigenvalue weighted by atomic mass is 10.1. The molecule has 2 nitrogen and oxygen atoms in total. The van der Waals surface area contributed by atoms with Crippen molar-refractivity contribution in [3.63, 3.8) is 0 Å². The topological polar surface area (TPSA) is 43.1 Å². The Hall–Kier alpha value is -1.09. The molecule has 0 aliphatic heterocycles. The molecule has 0 radical (unpaired) electrons. The molecule has 1 aromatic carbocycles. The second-order valence-corrected chi connectivity index (χ2v) is 3.89. The monoisotopic (exact) mass is 213 g/mol. The highest BCUT2D eigenvalue weighted by atomic mass is 35.5.